The molecule has 1 N–H and O–H groups in total. The van der Waals surface area contributed by atoms with Gasteiger partial charge in [0.25, 0.3) is 0 Å². The van der Waals surface area contributed by atoms with Crippen LogP contribution in [0.4, 0.5) is 0 Å². The molecule has 1 saturated heterocycles. The summed E-state index contributed by atoms with van der Waals surface area (Å²) in [5.74, 6) is -0.0380. The van der Waals surface area contributed by atoms with Crippen molar-refractivity contribution in [3.8, 4) is 0 Å². The van der Waals surface area contributed by atoms with Crippen molar-refractivity contribution in [2.75, 3.05) is 66.6 Å². The van der Waals surface area contributed by atoms with Crippen LogP contribution in [0.25, 0.3) is 0 Å². The Balaban J connectivity index is 1.80. The molecule has 0 saturated carbocycles. The zero-order valence-corrected chi connectivity index (χ0v) is 18.8. The van der Waals surface area contributed by atoms with E-state index in [9.17, 15) is 18.0 Å². The second-order valence-corrected chi connectivity index (χ2v) is 9.18. The van der Waals surface area contributed by atoms with Gasteiger partial charge in [0.05, 0.1) is 13.1 Å². The van der Waals surface area contributed by atoms with E-state index in [0.717, 1.165) is 6.42 Å². The third kappa shape index (κ3) is 6.24. The molecule has 1 aliphatic rings. The van der Waals surface area contributed by atoms with Crippen LogP contribution in [0.1, 0.15) is 17.9 Å². The van der Waals surface area contributed by atoms with E-state index < -0.39 is 10.0 Å². The third-order valence-corrected chi connectivity index (χ3v) is 6.97. The monoisotopic (exact) mass is 445 g/mol. The minimum absolute atomic E-state index is 0.0854. The van der Waals surface area contributed by atoms with E-state index >= 15 is 0 Å². The number of piperazine rings is 1. The molecule has 2 heterocycles. The Hall–Kier alpha value is -2.02. The molecule has 11 nitrogen and oxygen atoms in total. The van der Waals surface area contributed by atoms with Crippen LogP contribution in [-0.2, 0) is 24.3 Å². The van der Waals surface area contributed by atoms with Gasteiger partial charge in [-0.3, -0.25) is 14.5 Å². The number of methoxy groups -OCH3 is 1. The molecule has 1 fully saturated rings. The van der Waals surface area contributed by atoms with E-state index in [1.165, 1.54) is 4.31 Å². The highest BCUT2D eigenvalue weighted by Crippen LogP contribution is 2.24. The Labute approximate surface area is 177 Å². The Kier molecular flexibility index (Phi) is 8.77. The molecular weight excluding hydrogens is 414 g/mol. The summed E-state index contributed by atoms with van der Waals surface area (Å²) in [7, 11) is -0.411. The second kappa shape index (κ2) is 10.8. The van der Waals surface area contributed by atoms with Gasteiger partial charge in [-0.15, -0.1) is 0 Å². The number of carbonyl (C=O) groups excluding carboxylic acids is 2. The predicted octanol–water partition coefficient (Wildman–Crippen LogP) is -0.791. The van der Waals surface area contributed by atoms with E-state index in [1.54, 1.807) is 37.8 Å². The molecular formula is C18H31N5O6S. The quantitative estimate of drug-likeness (QED) is 0.465. The Morgan fingerprint density at radius 3 is 2.43 bits per heavy atom. The first-order valence-corrected chi connectivity index (χ1v) is 11.3. The second-order valence-electron chi connectivity index (χ2n) is 7.31. The van der Waals surface area contributed by atoms with Crippen LogP contribution in [0.5, 0.6) is 0 Å². The highest BCUT2D eigenvalue weighted by Gasteiger charge is 2.34. The number of aromatic nitrogens is 1. The van der Waals surface area contributed by atoms with E-state index in [4.69, 9.17) is 9.26 Å². The maximum atomic E-state index is 12.9. The number of likely N-dealkylation sites (N-methyl/N-ethyl adjacent to an activating group) is 1. The number of hydrogen-bond acceptors (Lipinski definition) is 8. The van der Waals surface area contributed by atoms with E-state index in [0.29, 0.717) is 31.9 Å². The van der Waals surface area contributed by atoms with E-state index in [2.05, 4.69) is 10.5 Å². The van der Waals surface area contributed by atoms with Crippen LogP contribution in [0.15, 0.2) is 9.42 Å². The number of carbonyl (C=O) groups is 2. The fraction of sp³-hybridized carbons (Fsp3) is 0.722. The largest absolute Gasteiger partial charge is 0.385 e. The van der Waals surface area contributed by atoms with E-state index in [-0.39, 0.29) is 48.6 Å². The molecule has 1 aromatic heterocycles. The number of amides is 2. The highest BCUT2D eigenvalue weighted by molar-refractivity contribution is 7.89. The SMILES string of the molecule is COCCCNC(=O)CN(C)CC(=O)N1CCN(S(=O)(=O)c2c(C)noc2C)CC1. The lowest BCUT2D eigenvalue weighted by Crippen LogP contribution is -2.52. The lowest BCUT2D eigenvalue weighted by molar-refractivity contribution is -0.133. The molecule has 170 valence electrons. The summed E-state index contributed by atoms with van der Waals surface area (Å²) in [6.45, 7) is 5.42. The van der Waals surface area contributed by atoms with Crippen LogP contribution in [-0.4, -0.2) is 106 Å². The number of aryl methyl sites for hydroxylation is 2. The van der Waals surface area contributed by atoms with Crippen LogP contribution >= 0.6 is 0 Å². The summed E-state index contributed by atoms with van der Waals surface area (Å²) >= 11 is 0. The van der Waals surface area contributed by atoms with Crippen molar-refractivity contribution in [1.29, 1.82) is 0 Å². The van der Waals surface area contributed by atoms with Gasteiger partial charge in [0.2, 0.25) is 21.8 Å². The van der Waals surface area contributed by atoms with Gasteiger partial charge in [-0.05, 0) is 27.3 Å². The molecule has 0 radical (unpaired) electrons. The molecule has 0 aliphatic carbocycles. The van der Waals surface area contributed by atoms with Gasteiger partial charge in [-0.2, -0.15) is 4.31 Å². The van der Waals surface area contributed by atoms with Crippen LogP contribution in [0, 0.1) is 13.8 Å². The molecule has 2 amide bonds. The van der Waals surface area contributed by atoms with Crippen molar-refractivity contribution in [1.82, 2.24) is 24.6 Å². The summed E-state index contributed by atoms with van der Waals surface area (Å²) < 4.78 is 37.0. The van der Waals surface area contributed by atoms with Crippen molar-refractivity contribution >= 4 is 21.8 Å². The van der Waals surface area contributed by atoms with Crippen LogP contribution < -0.4 is 5.32 Å². The number of nitrogens with zero attached hydrogens (tertiary/aromatic N) is 4. The number of nitrogens with one attached hydrogen (secondary N) is 1. The zero-order chi connectivity index (χ0) is 22.3. The number of rotatable bonds is 10. The summed E-state index contributed by atoms with van der Waals surface area (Å²) in [6.07, 6.45) is 0.728. The molecule has 12 heteroatoms. The first kappa shape index (κ1) is 24.3. The van der Waals surface area contributed by atoms with Crippen molar-refractivity contribution in [2.24, 2.45) is 0 Å². The zero-order valence-electron chi connectivity index (χ0n) is 18.0. The van der Waals surface area contributed by atoms with Gasteiger partial charge in [-0.25, -0.2) is 8.42 Å². The molecule has 2 rings (SSSR count). The normalized spacial score (nSPS) is 15.6. The average Bonchev–Trinajstić information content (AvgIpc) is 3.04. The van der Waals surface area contributed by atoms with Crippen LogP contribution in [0.2, 0.25) is 0 Å². The highest BCUT2D eigenvalue weighted by atomic mass is 32.2. The molecule has 0 bridgehead atoms. The molecule has 0 atom stereocenters. The number of hydrogen-bond donors (Lipinski definition) is 1. The fourth-order valence-corrected chi connectivity index (χ4v) is 5.00. The minimum atomic E-state index is -3.71. The van der Waals surface area contributed by atoms with Gasteiger partial charge < -0.3 is 19.5 Å². The maximum Gasteiger partial charge on any atom is 0.248 e. The smallest absolute Gasteiger partial charge is 0.248 e. The third-order valence-electron chi connectivity index (χ3n) is 4.82. The lowest BCUT2D eigenvalue weighted by atomic mass is 10.3. The summed E-state index contributed by atoms with van der Waals surface area (Å²) in [4.78, 5) is 27.8. The van der Waals surface area contributed by atoms with Gasteiger partial charge in [0, 0.05) is 46.4 Å². The maximum absolute atomic E-state index is 12.9. The molecule has 0 aromatic carbocycles. The summed E-state index contributed by atoms with van der Waals surface area (Å²) in [6, 6.07) is 0. The van der Waals surface area contributed by atoms with Gasteiger partial charge >= 0.3 is 0 Å². The van der Waals surface area contributed by atoms with Gasteiger partial charge in [0.15, 0.2) is 5.76 Å². The number of sulfonamides is 1. The van der Waals surface area contributed by atoms with Crippen molar-refractivity contribution in [3.05, 3.63) is 11.5 Å². The van der Waals surface area contributed by atoms with Gasteiger partial charge in [0.1, 0.15) is 10.6 Å². The number of ether oxygens (including phenoxy) is 1. The Morgan fingerprint density at radius 1 is 1.20 bits per heavy atom. The first-order chi connectivity index (χ1) is 14.2. The predicted molar refractivity (Wildman–Crippen MR) is 108 cm³/mol. The van der Waals surface area contributed by atoms with E-state index in [1.807, 2.05) is 0 Å². The minimum Gasteiger partial charge on any atom is -0.385 e. The first-order valence-electron chi connectivity index (χ1n) is 9.81. The fourth-order valence-electron chi connectivity index (χ4n) is 3.28. The topological polar surface area (TPSA) is 125 Å². The molecule has 1 aliphatic heterocycles. The molecule has 0 spiro atoms. The molecule has 0 unspecified atom stereocenters. The Bertz CT molecular complexity index is 813. The standard InChI is InChI=1S/C18H31N5O6S/c1-14-18(15(2)29-20-14)30(26,27)23-9-7-22(8-10-23)17(25)13-21(3)12-16(24)19-6-5-11-28-4/h5-13H2,1-4H3,(H,19,24). The average molecular weight is 446 g/mol. The van der Waals surface area contributed by atoms with Gasteiger partial charge in [-0.1, -0.05) is 5.16 Å². The van der Waals surface area contributed by atoms with Crippen molar-refractivity contribution in [3.63, 3.8) is 0 Å². The molecule has 1 aromatic rings. The Morgan fingerprint density at radius 2 is 1.87 bits per heavy atom. The lowest BCUT2D eigenvalue weighted by Gasteiger charge is -2.34. The summed E-state index contributed by atoms with van der Waals surface area (Å²) in [5, 5.41) is 6.49. The molecule has 30 heavy (non-hydrogen) atoms. The van der Waals surface area contributed by atoms with Crippen molar-refractivity contribution < 1.29 is 27.3 Å². The van der Waals surface area contributed by atoms with Crippen molar-refractivity contribution in [2.45, 2.75) is 25.2 Å². The summed E-state index contributed by atoms with van der Waals surface area (Å²) in [5.41, 5.74) is 0.327. The van der Waals surface area contributed by atoms with Crippen LogP contribution in [0.3, 0.4) is 0 Å².